The average molecular weight is 279 g/mol. The monoisotopic (exact) mass is 279 g/mol. The Morgan fingerprint density at radius 2 is 1.89 bits per heavy atom. The highest BCUT2D eigenvalue weighted by molar-refractivity contribution is 7.13. The molecular formula is C14H21N3OS. The summed E-state index contributed by atoms with van der Waals surface area (Å²) in [5.74, 6) is 0.646. The molecule has 104 valence electrons. The van der Waals surface area contributed by atoms with Gasteiger partial charge in [0.2, 0.25) is 5.91 Å². The molecule has 3 rings (SSSR count). The molecule has 1 aromatic heterocycles. The topological polar surface area (TPSA) is 36.4 Å². The molecule has 2 saturated heterocycles. The van der Waals surface area contributed by atoms with Crippen molar-refractivity contribution in [3.05, 3.63) is 11.6 Å². The zero-order chi connectivity index (χ0) is 13.1. The Labute approximate surface area is 118 Å². The summed E-state index contributed by atoms with van der Waals surface area (Å²) in [6, 6.07) is 0. The van der Waals surface area contributed by atoms with Crippen LogP contribution in [0.5, 0.6) is 0 Å². The first-order valence-corrected chi connectivity index (χ1v) is 8.16. The number of carbonyl (C=O) groups is 1. The Bertz CT molecular complexity index is 406. The fraction of sp³-hybridized carbons (Fsp3) is 0.714. The molecule has 19 heavy (non-hydrogen) atoms. The largest absolute Gasteiger partial charge is 0.348 e. The van der Waals surface area contributed by atoms with Crippen molar-refractivity contribution in [3.8, 4) is 0 Å². The van der Waals surface area contributed by atoms with E-state index in [0.29, 0.717) is 5.91 Å². The minimum atomic E-state index is 0.245. The van der Waals surface area contributed by atoms with E-state index < -0.39 is 0 Å². The van der Waals surface area contributed by atoms with Crippen molar-refractivity contribution in [1.29, 1.82) is 0 Å². The van der Waals surface area contributed by atoms with E-state index in [4.69, 9.17) is 0 Å². The van der Waals surface area contributed by atoms with Gasteiger partial charge in [-0.15, -0.1) is 11.3 Å². The van der Waals surface area contributed by atoms with Crippen LogP contribution in [0.4, 0.5) is 5.13 Å². The molecular weight excluding hydrogens is 258 g/mol. The van der Waals surface area contributed by atoms with Gasteiger partial charge in [0.15, 0.2) is 5.13 Å². The maximum absolute atomic E-state index is 12.4. The third-order valence-electron chi connectivity index (χ3n) is 4.20. The minimum Gasteiger partial charge on any atom is -0.348 e. The van der Waals surface area contributed by atoms with Crippen LogP contribution in [0.25, 0.3) is 0 Å². The molecule has 1 aromatic rings. The van der Waals surface area contributed by atoms with E-state index in [0.717, 1.165) is 44.2 Å². The molecule has 0 bridgehead atoms. The number of amides is 1. The number of anilines is 1. The summed E-state index contributed by atoms with van der Waals surface area (Å²) < 4.78 is 0. The molecule has 4 nitrogen and oxygen atoms in total. The predicted molar refractivity (Wildman–Crippen MR) is 77.5 cm³/mol. The van der Waals surface area contributed by atoms with Gasteiger partial charge in [0.1, 0.15) is 0 Å². The van der Waals surface area contributed by atoms with Crippen molar-refractivity contribution in [1.82, 2.24) is 9.88 Å². The van der Waals surface area contributed by atoms with Crippen LogP contribution in [0, 0.1) is 5.92 Å². The van der Waals surface area contributed by atoms with Crippen molar-refractivity contribution in [2.75, 3.05) is 31.1 Å². The van der Waals surface area contributed by atoms with Gasteiger partial charge in [-0.25, -0.2) is 4.98 Å². The van der Waals surface area contributed by atoms with E-state index in [1.165, 1.54) is 19.3 Å². The molecule has 1 amide bonds. The first-order valence-electron chi connectivity index (χ1n) is 7.28. The van der Waals surface area contributed by atoms with Gasteiger partial charge in [-0.2, -0.15) is 0 Å². The molecule has 2 fully saturated rings. The molecule has 2 aliphatic rings. The Hall–Kier alpha value is -1.10. The zero-order valence-corrected chi connectivity index (χ0v) is 12.1. The lowest BCUT2D eigenvalue weighted by Crippen LogP contribution is -2.44. The summed E-state index contributed by atoms with van der Waals surface area (Å²) in [7, 11) is 0. The summed E-state index contributed by atoms with van der Waals surface area (Å²) in [6.07, 6.45) is 7.47. The number of aromatic nitrogens is 1. The molecule has 5 heteroatoms. The molecule has 0 aliphatic carbocycles. The Kier molecular flexibility index (Phi) is 4.01. The summed E-state index contributed by atoms with van der Waals surface area (Å²) in [6.45, 7) is 3.90. The number of likely N-dealkylation sites (tertiary alicyclic amines) is 1. The Balaban J connectivity index is 1.53. The molecule has 0 saturated carbocycles. The number of rotatable bonds is 2. The second-order valence-corrected chi connectivity index (χ2v) is 6.33. The van der Waals surface area contributed by atoms with Crippen LogP contribution in [-0.4, -0.2) is 42.0 Å². The molecule has 0 N–H and O–H groups in total. The van der Waals surface area contributed by atoms with E-state index >= 15 is 0 Å². The molecule has 0 spiro atoms. The van der Waals surface area contributed by atoms with Gasteiger partial charge in [-0.3, -0.25) is 4.79 Å². The van der Waals surface area contributed by atoms with E-state index in [1.807, 2.05) is 11.6 Å². The van der Waals surface area contributed by atoms with Gasteiger partial charge in [-0.05, 0) is 32.1 Å². The number of hydrogen-bond acceptors (Lipinski definition) is 4. The van der Waals surface area contributed by atoms with Crippen LogP contribution in [0.3, 0.4) is 0 Å². The highest BCUT2D eigenvalue weighted by atomic mass is 32.1. The highest BCUT2D eigenvalue weighted by Gasteiger charge is 2.29. The number of carbonyl (C=O) groups excluding carboxylic acids is 1. The summed E-state index contributed by atoms with van der Waals surface area (Å²) in [5.41, 5.74) is 0. The van der Waals surface area contributed by atoms with Gasteiger partial charge in [0.25, 0.3) is 0 Å². The maximum atomic E-state index is 12.4. The van der Waals surface area contributed by atoms with E-state index in [-0.39, 0.29) is 5.92 Å². The summed E-state index contributed by atoms with van der Waals surface area (Å²) >= 11 is 1.69. The number of hydrogen-bond donors (Lipinski definition) is 0. The van der Waals surface area contributed by atoms with Crippen molar-refractivity contribution >= 4 is 22.4 Å². The molecule has 2 aliphatic heterocycles. The van der Waals surface area contributed by atoms with Gasteiger partial charge in [-0.1, -0.05) is 0 Å². The van der Waals surface area contributed by atoms with E-state index in [1.54, 1.807) is 11.3 Å². The molecule has 3 heterocycles. The summed E-state index contributed by atoms with van der Waals surface area (Å²) in [4.78, 5) is 21.2. The van der Waals surface area contributed by atoms with Crippen LogP contribution in [0.1, 0.15) is 32.1 Å². The smallest absolute Gasteiger partial charge is 0.225 e. The molecule has 0 atom stereocenters. The van der Waals surface area contributed by atoms with Crippen LogP contribution < -0.4 is 4.90 Å². The first kappa shape index (κ1) is 12.9. The lowest BCUT2D eigenvalue weighted by molar-refractivity contribution is -0.137. The standard InChI is InChI=1S/C14H21N3OS/c18-13(16-7-2-1-3-8-16)12-4-9-17(10-5-12)14-15-6-11-19-14/h6,11-12H,1-5,7-10H2. The summed E-state index contributed by atoms with van der Waals surface area (Å²) in [5, 5.41) is 3.11. The average Bonchev–Trinajstić information content (AvgIpc) is 3.02. The zero-order valence-electron chi connectivity index (χ0n) is 11.3. The van der Waals surface area contributed by atoms with Crippen LogP contribution >= 0.6 is 11.3 Å². The Morgan fingerprint density at radius 1 is 1.16 bits per heavy atom. The van der Waals surface area contributed by atoms with Crippen molar-refractivity contribution in [2.45, 2.75) is 32.1 Å². The van der Waals surface area contributed by atoms with Crippen molar-refractivity contribution in [2.24, 2.45) is 5.92 Å². The third-order valence-corrected chi connectivity index (χ3v) is 5.03. The fourth-order valence-corrected chi connectivity index (χ4v) is 3.76. The highest BCUT2D eigenvalue weighted by Crippen LogP contribution is 2.26. The SMILES string of the molecule is O=C(C1CCN(c2nccs2)CC1)N1CCCCC1. The van der Waals surface area contributed by atoms with Crippen LogP contribution in [-0.2, 0) is 4.79 Å². The molecule has 0 unspecified atom stereocenters. The van der Waals surface area contributed by atoms with Gasteiger partial charge in [0.05, 0.1) is 0 Å². The van der Waals surface area contributed by atoms with Gasteiger partial charge >= 0.3 is 0 Å². The maximum Gasteiger partial charge on any atom is 0.225 e. The molecule has 0 radical (unpaired) electrons. The van der Waals surface area contributed by atoms with E-state index in [2.05, 4.69) is 14.8 Å². The van der Waals surface area contributed by atoms with Crippen LogP contribution in [0.2, 0.25) is 0 Å². The van der Waals surface area contributed by atoms with E-state index in [9.17, 15) is 4.79 Å². The molecule has 0 aromatic carbocycles. The van der Waals surface area contributed by atoms with Crippen molar-refractivity contribution in [3.63, 3.8) is 0 Å². The third kappa shape index (κ3) is 2.91. The number of piperidine rings is 2. The van der Waals surface area contributed by atoms with Gasteiger partial charge < -0.3 is 9.80 Å². The quantitative estimate of drug-likeness (QED) is 0.834. The number of thiazole rings is 1. The van der Waals surface area contributed by atoms with Crippen molar-refractivity contribution < 1.29 is 4.79 Å². The fourth-order valence-electron chi connectivity index (χ4n) is 3.06. The number of nitrogens with zero attached hydrogens (tertiary/aromatic N) is 3. The second kappa shape index (κ2) is 5.90. The normalized spacial score (nSPS) is 21.7. The lowest BCUT2D eigenvalue weighted by atomic mass is 9.94. The first-order chi connectivity index (χ1) is 9.34. The van der Waals surface area contributed by atoms with Gasteiger partial charge in [0, 0.05) is 43.7 Å². The second-order valence-electron chi connectivity index (χ2n) is 5.46. The Morgan fingerprint density at radius 3 is 2.53 bits per heavy atom. The predicted octanol–water partition coefficient (Wildman–Crippen LogP) is 2.37. The van der Waals surface area contributed by atoms with Crippen LogP contribution in [0.15, 0.2) is 11.6 Å². The lowest BCUT2D eigenvalue weighted by Gasteiger charge is -2.35. The minimum absolute atomic E-state index is 0.245.